The molecule has 0 saturated carbocycles. The molecular formula is C14H31NO. The molecule has 0 rings (SSSR count). The molecular weight excluding hydrogens is 198 g/mol. The van der Waals surface area contributed by atoms with Crippen LogP contribution in [0.3, 0.4) is 0 Å². The van der Waals surface area contributed by atoms with Crippen LogP contribution in [0.2, 0.25) is 0 Å². The molecule has 1 atom stereocenters. The van der Waals surface area contributed by atoms with E-state index >= 15 is 0 Å². The first kappa shape index (κ1) is 15.9. The summed E-state index contributed by atoms with van der Waals surface area (Å²) in [4.78, 5) is 0. The Balaban J connectivity index is 4.43. The lowest BCUT2D eigenvalue weighted by atomic mass is 9.81. The first-order valence-corrected chi connectivity index (χ1v) is 6.71. The van der Waals surface area contributed by atoms with Gasteiger partial charge in [0.1, 0.15) is 0 Å². The number of nitrogens with two attached hydrogens (primary N) is 1. The van der Waals surface area contributed by atoms with E-state index < -0.39 is 0 Å². The molecule has 0 aromatic heterocycles. The third-order valence-corrected chi connectivity index (χ3v) is 3.51. The molecule has 0 aromatic carbocycles. The molecule has 0 radical (unpaired) electrons. The fourth-order valence-corrected chi connectivity index (χ4v) is 2.22. The topological polar surface area (TPSA) is 35.2 Å². The highest BCUT2D eigenvalue weighted by Gasteiger charge is 2.34. The Labute approximate surface area is 102 Å². The van der Waals surface area contributed by atoms with Gasteiger partial charge in [0.05, 0.1) is 5.60 Å². The minimum atomic E-state index is -0.111. The van der Waals surface area contributed by atoms with Crippen LogP contribution in [-0.2, 0) is 4.74 Å². The van der Waals surface area contributed by atoms with Gasteiger partial charge < -0.3 is 10.5 Å². The molecule has 2 heteroatoms. The van der Waals surface area contributed by atoms with Crippen molar-refractivity contribution in [1.29, 1.82) is 0 Å². The maximum absolute atomic E-state index is 6.34. The van der Waals surface area contributed by atoms with Crippen molar-refractivity contribution >= 4 is 0 Å². The van der Waals surface area contributed by atoms with E-state index in [1.807, 2.05) is 0 Å². The third-order valence-electron chi connectivity index (χ3n) is 3.51. The molecule has 1 unspecified atom stereocenters. The smallest absolute Gasteiger partial charge is 0.0827 e. The van der Waals surface area contributed by atoms with E-state index in [-0.39, 0.29) is 11.6 Å². The van der Waals surface area contributed by atoms with Crippen LogP contribution in [0.4, 0.5) is 0 Å². The minimum Gasteiger partial charge on any atom is -0.374 e. The van der Waals surface area contributed by atoms with Crippen LogP contribution < -0.4 is 5.73 Å². The molecule has 0 aliphatic rings. The monoisotopic (exact) mass is 229 g/mol. The van der Waals surface area contributed by atoms with E-state index in [1.165, 1.54) is 0 Å². The van der Waals surface area contributed by atoms with Crippen LogP contribution >= 0.6 is 0 Å². The lowest BCUT2D eigenvalue weighted by Gasteiger charge is -2.38. The molecule has 2 N–H and O–H groups in total. The van der Waals surface area contributed by atoms with Crippen LogP contribution in [-0.4, -0.2) is 18.2 Å². The Morgan fingerprint density at radius 3 is 1.88 bits per heavy atom. The molecule has 98 valence electrons. The van der Waals surface area contributed by atoms with Gasteiger partial charge in [-0.15, -0.1) is 0 Å². The third kappa shape index (κ3) is 4.84. The van der Waals surface area contributed by atoms with Crippen LogP contribution in [0.15, 0.2) is 0 Å². The van der Waals surface area contributed by atoms with Crippen molar-refractivity contribution in [3.8, 4) is 0 Å². The van der Waals surface area contributed by atoms with Gasteiger partial charge in [-0.2, -0.15) is 0 Å². The van der Waals surface area contributed by atoms with Gasteiger partial charge in [-0.1, -0.05) is 34.6 Å². The molecule has 16 heavy (non-hydrogen) atoms. The molecule has 0 saturated heterocycles. The second-order valence-electron chi connectivity index (χ2n) is 5.91. The van der Waals surface area contributed by atoms with Gasteiger partial charge in [-0.05, 0) is 38.0 Å². The predicted octanol–water partition coefficient (Wildman–Crippen LogP) is 3.74. The Morgan fingerprint density at radius 2 is 1.56 bits per heavy atom. The van der Waals surface area contributed by atoms with Crippen LogP contribution in [0.5, 0.6) is 0 Å². The van der Waals surface area contributed by atoms with Crippen LogP contribution in [0, 0.1) is 5.41 Å². The maximum atomic E-state index is 6.34. The summed E-state index contributed by atoms with van der Waals surface area (Å²) in [5, 5.41) is 0. The fraction of sp³-hybridized carbons (Fsp3) is 1.00. The summed E-state index contributed by atoms with van der Waals surface area (Å²) >= 11 is 0. The first-order chi connectivity index (χ1) is 7.31. The van der Waals surface area contributed by atoms with Crippen molar-refractivity contribution in [3.63, 3.8) is 0 Å². The minimum absolute atomic E-state index is 0.111. The highest BCUT2D eigenvalue weighted by molar-refractivity contribution is 4.90. The quantitative estimate of drug-likeness (QED) is 0.722. The van der Waals surface area contributed by atoms with Crippen LogP contribution in [0.1, 0.15) is 67.2 Å². The molecule has 2 nitrogen and oxygen atoms in total. The maximum Gasteiger partial charge on any atom is 0.0827 e. The average Bonchev–Trinajstić information content (AvgIpc) is 2.21. The summed E-state index contributed by atoms with van der Waals surface area (Å²) < 4.78 is 5.93. The zero-order valence-corrected chi connectivity index (χ0v) is 12.1. The molecule has 0 aliphatic heterocycles. The second kappa shape index (κ2) is 6.61. The van der Waals surface area contributed by atoms with Gasteiger partial charge in [0, 0.05) is 12.6 Å². The van der Waals surface area contributed by atoms with E-state index in [1.54, 1.807) is 0 Å². The Bertz CT molecular complexity index is 180. The summed E-state index contributed by atoms with van der Waals surface area (Å²) in [6, 6.07) is 0.154. The molecule has 0 heterocycles. The molecule has 0 fully saturated rings. The zero-order chi connectivity index (χ0) is 12.8. The predicted molar refractivity (Wildman–Crippen MR) is 71.6 cm³/mol. The normalized spacial score (nSPS) is 15.2. The molecule has 0 aliphatic carbocycles. The number of hydrogen-bond donors (Lipinski definition) is 1. The average molecular weight is 229 g/mol. The van der Waals surface area contributed by atoms with E-state index in [4.69, 9.17) is 10.5 Å². The van der Waals surface area contributed by atoms with Gasteiger partial charge in [-0.3, -0.25) is 0 Å². The van der Waals surface area contributed by atoms with Crippen molar-refractivity contribution < 1.29 is 4.74 Å². The first-order valence-electron chi connectivity index (χ1n) is 6.71. The fourth-order valence-electron chi connectivity index (χ4n) is 2.22. The van der Waals surface area contributed by atoms with Gasteiger partial charge in [-0.25, -0.2) is 0 Å². The lowest BCUT2D eigenvalue weighted by Crippen LogP contribution is -2.49. The Kier molecular flexibility index (Phi) is 6.57. The summed E-state index contributed by atoms with van der Waals surface area (Å²) in [6.45, 7) is 14.0. The largest absolute Gasteiger partial charge is 0.374 e. The van der Waals surface area contributed by atoms with Crippen molar-refractivity contribution in [1.82, 2.24) is 0 Å². The van der Waals surface area contributed by atoms with Crippen LogP contribution in [0.25, 0.3) is 0 Å². The Hall–Kier alpha value is -0.0800. The summed E-state index contributed by atoms with van der Waals surface area (Å²) in [6.07, 6.45) is 4.21. The highest BCUT2D eigenvalue weighted by atomic mass is 16.5. The van der Waals surface area contributed by atoms with Gasteiger partial charge >= 0.3 is 0 Å². The van der Waals surface area contributed by atoms with E-state index in [0.717, 1.165) is 32.3 Å². The standard InChI is InChI=1S/C14H31NO/c1-7-14(8-2,16-9-3)12(15)10-11-13(4,5)6/h12H,7-11,15H2,1-6H3. The van der Waals surface area contributed by atoms with Crippen molar-refractivity contribution in [2.45, 2.75) is 78.9 Å². The SMILES string of the molecule is CCOC(CC)(CC)C(N)CCC(C)(C)C. The van der Waals surface area contributed by atoms with Gasteiger partial charge in [0.15, 0.2) is 0 Å². The van der Waals surface area contributed by atoms with Gasteiger partial charge in [0.25, 0.3) is 0 Å². The lowest BCUT2D eigenvalue weighted by molar-refractivity contribution is -0.0665. The number of hydrogen-bond acceptors (Lipinski definition) is 2. The summed E-state index contributed by atoms with van der Waals surface area (Å²) in [7, 11) is 0. The van der Waals surface area contributed by atoms with Crippen molar-refractivity contribution in [2.75, 3.05) is 6.61 Å². The van der Waals surface area contributed by atoms with Gasteiger partial charge in [0.2, 0.25) is 0 Å². The summed E-state index contributed by atoms with van der Waals surface area (Å²) in [5.41, 5.74) is 6.59. The molecule has 0 aromatic rings. The zero-order valence-electron chi connectivity index (χ0n) is 12.1. The van der Waals surface area contributed by atoms with Crippen molar-refractivity contribution in [3.05, 3.63) is 0 Å². The van der Waals surface area contributed by atoms with Crippen molar-refractivity contribution in [2.24, 2.45) is 11.1 Å². The van der Waals surface area contributed by atoms with E-state index in [9.17, 15) is 0 Å². The number of rotatable bonds is 7. The highest BCUT2D eigenvalue weighted by Crippen LogP contribution is 2.30. The Morgan fingerprint density at radius 1 is 1.06 bits per heavy atom. The second-order valence-corrected chi connectivity index (χ2v) is 5.91. The number of ether oxygens (including phenoxy) is 1. The van der Waals surface area contributed by atoms with E-state index in [2.05, 4.69) is 41.5 Å². The summed E-state index contributed by atoms with van der Waals surface area (Å²) in [5.74, 6) is 0. The molecule has 0 bridgehead atoms. The molecule has 0 amide bonds. The molecule has 0 spiro atoms. The van der Waals surface area contributed by atoms with E-state index in [0.29, 0.717) is 5.41 Å².